The maximum Gasteiger partial charge on any atom is 0.435 e. The molecule has 3 heterocycles. The van der Waals surface area contributed by atoms with Gasteiger partial charge in [-0.25, -0.2) is 18.0 Å². The van der Waals surface area contributed by atoms with E-state index in [4.69, 9.17) is 10.5 Å². The predicted octanol–water partition coefficient (Wildman–Crippen LogP) is 6.76. The number of aromatic nitrogens is 3. The van der Waals surface area contributed by atoms with Gasteiger partial charge in [-0.1, -0.05) is 12.1 Å². The molecule has 9 nitrogen and oxygen atoms in total. The third-order valence-corrected chi connectivity index (χ3v) is 8.03. The summed E-state index contributed by atoms with van der Waals surface area (Å²) in [5.74, 6) is -5.07. The zero-order valence-corrected chi connectivity index (χ0v) is 27.3. The Morgan fingerprint density at radius 2 is 1.70 bits per heavy atom. The lowest BCUT2D eigenvalue weighted by Crippen LogP contribution is -2.40. The first kappa shape index (κ1) is 36.1. The van der Waals surface area contributed by atoms with Gasteiger partial charge in [-0.05, 0) is 68.7 Å². The first-order valence-corrected chi connectivity index (χ1v) is 15.5. The SMILES string of the molecule is CC(C)(C)OC(=O)N1CCc2c(c(C(F)(F)F)nn2CC(=O)C[C@@H](Cc2cc(F)cc(F)c2)c2ncccc2-c2ccc(F)c(C(N)=O)c2)C1. The topological polar surface area (TPSA) is 120 Å². The molecular weight excluding hydrogens is 668 g/mol. The quantitative estimate of drug-likeness (QED) is 0.193. The van der Waals surface area contributed by atoms with Crippen LogP contribution in [0.3, 0.4) is 0 Å². The van der Waals surface area contributed by atoms with E-state index in [1.54, 1.807) is 32.9 Å². The number of hydrogen-bond acceptors (Lipinski definition) is 6. The number of hydrogen-bond donors (Lipinski definition) is 1. The van der Waals surface area contributed by atoms with Gasteiger partial charge in [0.1, 0.15) is 23.1 Å². The Balaban J connectivity index is 1.49. The molecule has 264 valence electrons. The Bertz CT molecular complexity index is 1930. The molecule has 0 aliphatic carbocycles. The summed E-state index contributed by atoms with van der Waals surface area (Å²) < 4.78 is 91.5. The first-order valence-electron chi connectivity index (χ1n) is 15.5. The van der Waals surface area contributed by atoms with Crippen LogP contribution in [-0.2, 0) is 41.6 Å². The number of primary amides is 1. The number of amides is 2. The van der Waals surface area contributed by atoms with E-state index in [2.05, 4.69) is 10.1 Å². The standard InChI is InChI=1S/C35H33F6N5O4/c1-34(2,3)50-33(49)45-10-8-29-27(18-45)31(35(39,40)41)44-46(29)17-24(47)14-21(11-19-12-22(36)16-23(37)13-19)30-25(5-4-9-43-30)20-6-7-28(38)26(15-20)32(42)48/h4-7,9,12-13,15-16,21H,8,10-11,14,17-18H2,1-3H3,(H2,42,48)/t21-/m1/s1. The summed E-state index contributed by atoms with van der Waals surface area (Å²) in [6.07, 6.45) is -4.77. The average Bonchev–Trinajstić information content (AvgIpc) is 3.37. The van der Waals surface area contributed by atoms with Crippen LogP contribution in [0, 0.1) is 17.5 Å². The Morgan fingerprint density at radius 3 is 2.34 bits per heavy atom. The largest absolute Gasteiger partial charge is 0.444 e. The van der Waals surface area contributed by atoms with Crippen molar-refractivity contribution < 1.29 is 45.5 Å². The molecule has 1 aliphatic heterocycles. The van der Waals surface area contributed by atoms with Crippen molar-refractivity contribution in [3.63, 3.8) is 0 Å². The lowest BCUT2D eigenvalue weighted by Gasteiger charge is -2.30. The van der Waals surface area contributed by atoms with Crippen molar-refractivity contribution in [2.45, 2.75) is 70.8 Å². The van der Waals surface area contributed by atoms with Crippen LogP contribution in [0.25, 0.3) is 11.1 Å². The molecule has 2 N–H and O–H groups in total. The van der Waals surface area contributed by atoms with Crippen LogP contribution in [0.4, 0.5) is 31.1 Å². The molecule has 2 amide bonds. The summed E-state index contributed by atoms with van der Waals surface area (Å²) >= 11 is 0. The van der Waals surface area contributed by atoms with E-state index < -0.39 is 77.3 Å². The first-order chi connectivity index (χ1) is 23.4. The van der Waals surface area contributed by atoms with E-state index in [1.807, 2.05) is 0 Å². The molecule has 0 saturated heterocycles. The number of carbonyl (C=O) groups excluding carboxylic acids is 3. The number of ketones is 1. The Kier molecular flexibility index (Phi) is 10.1. The van der Waals surface area contributed by atoms with E-state index >= 15 is 0 Å². The highest BCUT2D eigenvalue weighted by atomic mass is 19.4. The summed E-state index contributed by atoms with van der Waals surface area (Å²) in [5.41, 5.74) is 3.83. The zero-order valence-electron chi connectivity index (χ0n) is 27.3. The minimum atomic E-state index is -4.89. The van der Waals surface area contributed by atoms with Gasteiger partial charge in [-0.3, -0.25) is 19.3 Å². The van der Waals surface area contributed by atoms with Gasteiger partial charge in [0, 0.05) is 54.4 Å². The van der Waals surface area contributed by atoms with Gasteiger partial charge in [-0.15, -0.1) is 0 Å². The van der Waals surface area contributed by atoms with E-state index in [0.29, 0.717) is 17.2 Å². The van der Waals surface area contributed by atoms with Crippen molar-refractivity contribution in [2.75, 3.05) is 6.54 Å². The molecule has 1 aliphatic rings. The van der Waals surface area contributed by atoms with Crippen LogP contribution in [0.1, 0.15) is 71.7 Å². The lowest BCUT2D eigenvalue weighted by molar-refractivity contribution is -0.142. The molecule has 15 heteroatoms. The third-order valence-electron chi connectivity index (χ3n) is 8.03. The van der Waals surface area contributed by atoms with Gasteiger partial charge in [-0.2, -0.15) is 18.3 Å². The number of nitrogens with zero attached hydrogens (tertiary/aromatic N) is 4. The number of Topliss-reactive ketones (excluding diaryl/α,β-unsaturated/α-hetero) is 1. The Morgan fingerprint density at radius 1 is 1.00 bits per heavy atom. The van der Waals surface area contributed by atoms with E-state index in [9.17, 15) is 40.7 Å². The van der Waals surface area contributed by atoms with Crippen molar-refractivity contribution in [1.29, 1.82) is 0 Å². The number of pyridine rings is 1. The van der Waals surface area contributed by atoms with Gasteiger partial charge in [0.15, 0.2) is 11.5 Å². The molecule has 5 rings (SSSR count). The molecule has 0 fully saturated rings. The number of carbonyl (C=O) groups is 3. The average molecular weight is 702 g/mol. The number of benzene rings is 2. The normalized spacial score (nSPS) is 13.9. The fourth-order valence-corrected chi connectivity index (χ4v) is 5.99. The second-order valence-electron chi connectivity index (χ2n) is 13.0. The second-order valence-corrected chi connectivity index (χ2v) is 13.0. The van der Waals surface area contributed by atoms with E-state index in [-0.39, 0.29) is 48.3 Å². The molecule has 0 bridgehead atoms. The molecule has 1 atom stereocenters. The minimum Gasteiger partial charge on any atom is -0.444 e. The summed E-state index contributed by atoms with van der Waals surface area (Å²) in [4.78, 5) is 43.8. The predicted molar refractivity (Wildman–Crippen MR) is 168 cm³/mol. The highest BCUT2D eigenvalue weighted by Crippen LogP contribution is 2.37. The van der Waals surface area contributed by atoms with Crippen LogP contribution < -0.4 is 5.73 Å². The fourth-order valence-electron chi connectivity index (χ4n) is 5.99. The molecule has 2 aromatic heterocycles. The monoisotopic (exact) mass is 701 g/mol. The van der Waals surface area contributed by atoms with Gasteiger partial charge < -0.3 is 15.4 Å². The molecule has 0 unspecified atom stereocenters. The molecule has 2 aromatic carbocycles. The molecule has 50 heavy (non-hydrogen) atoms. The van der Waals surface area contributed by atoms with Crippen LogP contribution in [0.15, 0.2) is 54.7 Å². The van der Waals surface area contributed by atoms with Crippen molar-refractivity contribution in [3.8, 4) is 11.1 Å². The lowest BCUT2D eigenvalue weighted by atomic mass is 9.86. The zero-order chi connectivity index (χ0) is 36.5. The molecule has 4 aromatic rings. The highest BCUT2D eigenvalue weighted by molar-refractivity contribution is 5.94. The van der Waals surface area contributed by atoms with Gasteiger partial charge in [0.25, 0.3) is 5.91 Å². The molecule has 0 saturated carbocycles. The Hall–Kier alpha value is -5.21. The van der Waals surface area contributed by atoms with Crippen molar-refractivity contribution >= 4 is 17.8 Å². The third kappa shape index (κ3) is 8.32. The molecule has 0 radical (unpaired) electrons. The molecule has 0 spiro atoms. The van der Waals surface area contributed by atoms with Crippen molar-refractivity contribution in [3.05, 3.63) is 106 Å². The Labute approximate surface area is 283 Å². The number of fused-ring (bicyclic) bond motifs is 1. The minimum absolute atomic E-state index is 0.0229. The van der Waals surface area contributed by atoms with E-state index in [0.717, 1.165) is 27.8 Å². The summed E-state index contributed by atoms with van der Waals surface area (Å²) in [7, 11) is 0. The summed E-state index contributed by atoms with van der Waals surface area (Å²) in [5, 5.41) is 3.76. The van der Waals surface area contributed by atoms with E-state index in [1.165, 1.54) is 18.3 Å². The maximum atomic E-state index is 14.3. The van der Waals surface area contributed by atoms with Crippen LogP contribution >= 0.6 is 0 Å². The fraction of sp³-hybridized carbons (Fsp3) is 0.343. The van der Waals surface area contributed by atoms with Crippen molar-refractivity contribution in [1.82, 2.24) is 19.7 Å². The smallest absolute Gasteiger partial charge is 0.435 e. The van der Waals surface area contributed by atoms with Crippen LogP contribution in [0.5, 0.6) is 0 Å². The van der Waals surface area contributed by atoms with Gasteiger partial charge in [0.05, 0.1) is 24.3 Å². The van der Waals surface area contributed by atoms with Gasteiger partial charge in [0.2, 0.25) is 0 Å². The highest BCUT2D eigenvalue weighted by Gasteiger charge is 2.42. The second kappa shape index (κ2) is 14.0. The van der Waals surface area contributed by atoms with Crippen molar-refractivity contribution in [2.24, 2.45) is 5.73 Å². The number of alkyl halides is 3. The number of halogens is 6. The van der Waals surface area contributed by atoms with Crippen LogP contribution in [-0.4, -0.2) is 49.6 Å². The number of nitrogens with two attached hydrogens (primary N) is 1. The molecular formula is C35H33F6N5O4. The number of rotatable bonds is 9. The summed E-state index contributed by atoms with van der Waals surface area (Å²) in [6.45, 7) is 3.92. The number of ether oxygens (including phenoxy) is 1. The maximum absolute atomic E-state index is 14.3. The van der Waals surface area contributed by atoms with Gasteiger partial charge >= 0.3 is 12.3 Å². The van der Waals surface area contributed by atoms with Crippen LogP contribution in [0.2, 0.25) is 0 Å². The summed E-state index contributed by atoms with van der Waals surface area (Å²) in [6, 6.07) is 9.64.